The van der Waals surface area contributed by atoms with Gasteiger partial charge in [0.15, 0.2) is 0 Å². The van der Waals surface area contributed by atoms with Crippen molar-refractivity contribution in [3.63, 3.8) is 0 Å². The first-order valence-electron chi connectivity index (χ1n) is 19.8. The Balaban J connectivity index is 0.000000260. The minimum atomic E-state index is -4.35. The van der Waals surface area contributed by atoms with E-state index in [9.17, 15) is 27.6 Å². The van der Waals surface area contributed by atoms with Crippen LogP contribution in [0.15, 0.2) is 115 Å². The van der Waals surface area contributed by atoms with Crippen molar-refractivity contribution < 1.29 is 56.7 Å². The molecule has 2 amide bonds. The average Bonchev–Trinajstić information content (AvgIpc) is 3.26. The molecule has 0 aliphatic carbocycles. The van der Waals surface area contributed by atoms with Gasteiger partial charge in [-0.1, -0.05) is 30.3 Å². The summed E-state index contributed by atoms with van der Waals surface area (Å²) >= 11 is 0. The number of ether oxygens (including phenoxy) is 4. The Morgan fingerprint density at radius 1 is 0.689 bits per heavy atom. The van der Waals surface area contributed by atoms with Crippen LogP contribution in [0, 0.1) is 12.8 Å². The van der Waals surface area contributed by atoms with Gasteiger partial charge in [0.05, 0.1) is 17.7 Å². The van der Waals surface area contributed by atoms with Crippen molar-refractivity contribution in [3.05, 3.63) is 143 Å². The van der Waals surface area contributed by atoms with E-state index in [1.165, 1.54) is 29.2 Å². The molecule has 0 spiro atoms. The van der Waals surface area contributed by atoms with Gasteiger partial charge in [0, 0.05) is 51.3 Å². The SMILES string of the molecule is Cc1ccc(Oc2ccc(OC3CCN(C(=O)Oc4ccc(Cc5ccc(C(F)(F)F)cc5)cc4)CC3)cc2)nc1.O=C(O)c1ccc(OCC2CCN(C(=O)O)CC2)cc1. The van der Waals surface area contributed by atoms with Crippen LogP contribution in [0.25, 0.3) is 0 Å². The van der Waals surface area contributed by atoms with Crippen LogP contribution >= 0.6 is 0 Å². The summed E-state index contributed by atoms with van der Waals surface area (Å²) in [5.41, 5.74) is 2.28. The smallest absolute Gasteiger partial charge is 0.416 e. The fourth-order valence-electron chi connectivity index (χ4n) is 6.66. The third-order valence-electron chi connectivity index (χ3n) is 10.2. The van der Waals surface area contributed by atoms with Gasteiger partial charge >= 0.3 is 24.3 Å². The van der Waals surface area contributed by atoms with E-state index in [2.05, 4.69) is 4.98 Å². The number of alkyl halides is 3. The number of benzene rings is 4. The number of carbonyl (C=O) groups is 3. The third-order valence-corrected chi connectivity index (χ3v) is 10.2. The molecule has 2 aliphatic heterocycles. The van der Waals surface area contributed by atoms with Crippen molar-refractivity contribution in [1.82, 2.24) is 14.8 Å². The number of piperidine rings is 2. The number of pyridine rings is 1. The number of likely N-dealkylation sites (tertiary alicyclic amines) is 2. The van der Waals surface area contributed by atoms with E-state index in [4.69, 9.17) is 29.2 Å². The van der Waals surface area contributed by atoms with E-state index in [0.717, 1.165) is 47.4 Å². The third kappa shape index (κ3) is 13.4. The minimum absolute atomic E-state index is 0.0194. The van der Waals surface area contributed by atoms with E-state index in [-0.39, 0.29) is 11.7 Å². The number of carboxylic acids is 1. The molecule has 1 aromatic heterocycles. The molecule has 4 aromatic carbocycles. The van der Waals surface area contributed by atoms with Crippen LogP contribution in [0.1, 0.15) is 58.3 Å². The number of aromatic nitrogens is 1. The Bertz CT molecular complexity index is 2190. The highest BCUT2D eigenvalue weighted by molar-refractivity contribution is 5.87. The highest BCUT2D eigenvalue weighted by Gasteiger charge is 2.30. The number of halogens is 3. The van der Waals surface area contributed by atoms with Gasteiger partial charge in [-0.15, -0.1) is 0 Å². The molecule has 2 aliphatic rings. The van der Waals surface area contributed by atoms with E-state index < -0.39 is 29.9 Å². The van der Waals surface area contributed by atoms with Crippen molar-refractivity contribution >= 4 is 18.2 Å². The molecule has 15 heteroatoms. The van der Waals surface area contributed by atoms with Crippen molar-refractivity contribution in [3.8, 4) is 28.9 Å². The molecule has 320 valence electrons. The van der Waals surface area contributed by atoms with Gasteiger partial charge in [-0.3, -0.25) is 0 Å². The zero-order valence-corrected chi connectivity index (χ0v) is 33.4. The fourth-order valence-corrected chi connectivity index (χ4v) is 6.66. The van der Waals surface area contributed by atoms with Gasteiger partial charge < -0.3 is 39.0 Å². The summed E-state index contributed by atoms with van der Waals surface area (Å²) in [6.45, 7) is 4.60. The molecule has 7 rings (SSSR count). The molecule has 0 bridgehead atoms. The van der Waals surface area contributed by atoms with Gasteiger partial charge in [0.2, 0.25) is 5.88 Å². The van der Waals surface area contributed by atoms with Crippen molar-refractivity contribution in [2.45, 2.75) is 51.3 Å². The molecule has 61 heavy (non-hydrogen) atoms. The molecule has 0 radical (unpaired) electrons. The zero-order chi connectivity index (χ0) is 43.4. The molecule has 5 aromatic rings. The predicted molar refractivity (Wildman–Crippen MR) is 219 cm³/mol. The Morgan fingerprint density at radius 2 is 1.25 bits per heavy atom. The predicted octanol–water partition coefficient (Wildman–Crippen LogP) is 9.99. The first kappa shape index (κ1) is 43.8. The van der Waals surface area contributed by atoms with Crippen molar-refractivity contribution in [2.75, 3.05) is 32.8 Å². The normalized spacial score (nSPS) is 14.6. The second-order valence-corrected chi connectivity index (χ2v) is 14.8. The number of hydrogen-bond acceptors (Lipinski definition) is 8. The van der Waals surface area contributed by atoms with Crippen LogP contribution < -0.4 is 18.9 Å². The maximum atomic E-state index is 12.8. The first-order chi connectivity index (χ1) is 29.3. The Kier molecular flexibility index (Phi) is 14.7. The number of aryl methyl sites for hydroxylation is 1. The van der Waals surface area contributed by atoms with Crippen LogP contribution in [-0.4, -0.2) is 82.0 Å². The number of carboxylic acid groups (broad SMARTS) is 2. The summed E-state index contributed by atoms with van der Waals surface area (Å²) in [7, 11) is 0. The summed E-state index contributed by atoms with van der Waals surface area (Å²) in [4.78, 5) is 41.5. The molecule has 2 fully saturated rings. The second kappa shape index (κ2) is 20.5. The summed E-state index contributed by atoms with van der Waals surface area (Å²) in [5, 5.41) is 17.6. The fraction of sp³-hybridized carbons (Fsp3) is 0.304. The van der Waals surface area contributed by atoms with Crippen molar-refractivity contribution in [2.24, 2.45) is 5.92 Å². The van der Waals surface area contributed by atoms with Crippen LogP contribution in [0.4, 0.5) is 22.8 Å². The molecule has 12 nitrogen and oxygen atoms in total. The number of rotatable bonds is 11. The van der Waals surface area contributed by atoms with Crippen LogP contribution in [-0.2, 0) is 12.6 Å². The number of hydrogen-bond donors (Lipinski definition) is 2. The van der Waals surface area contributed by atoms with E-state index in [0.29, 0.717) is 81.1 Å². The average molecular weight is 842 g/mol. The van der Waals surface area contributed by atoms with Crippen LogP contribution in [0.5, 0.6) is 28.9 Å². The van der Waals surface area contributed by atoms with Crippen molar-refractivity contribution in [1.29, 1.82) is 0 Å². The van der Waals surface area contributed by atoms with Gasteiger partial charge in [-0.2, -0.15) is 13.2 Å². The highest BCUT2D eigenvalue weighted by atomic mass is 19.4. The molecule has 2 N–H and O–H groups in total. The summed E-state index contributed by atoms with van der Waals surface area (Å²) in [5.74, 6) is 2.34. The number of aromatic carboxylic acids is 1. The van der Waals surface area contributed by atoms with Gasteiger partial charge in [-0.05, 0) is 122 Å². The lowest BCUT2D eigenvalue weighted by Gasteiger charge is -2.31. The van der Waals surface area contributed by atoms with Crippen LogP contribution in [0.3, 0.4) is 0 Å². The topological polar surface area (TPSA) is 148 Å². The zero-order valence-electron chi connectivity index (χ0n) is 33.4. The van der Waals surface area contributed by atoms with Gasteiger partial charge in [0.25, 0.3) is 0 Å². The summed E-state index contributed by atoms with van der Waals surface area (Å²) < 4.78 is 61.3. The van der Waals surface area contributed by atoms with Crippen LogP contribution in [0.2, 0.25) is 0 Å². The lowest BCUT2D eigenvalue weighted by Crippen LogP contribution is -2.43. The monoisotopic (exact) mass is 841 g/mol. The molecular weight excluding hydrogens is 796 g/mol. The maximum absolute atomic E-state index is 12.8. The number of nitrogens with zero attached hydrogens (tertiary/aromatic N) is 3. The molecular formula is C46H46F3N3O9. The second-order valence-electron chi connectivity index (χ2n) is 14.8. The largest absolute Gasteiger partial charge is 0.493 e. The quantitative estimate of drug-likeness (QED) is 0.132. The summed E-state index contributed by atoms with van der Waals surface area (Å²) in [6.07, 6.45) is -0.513. The van der Waals surface area contributed by atoms with Gasteiger partial charge in [-0.25, -0.2) is 19.4 Å². The van der Waals surface area contributed by atoms with E-state index >= 15 is 0 Å². The number of amides is 2. The molecule has 0 saturated carbocycles. The molecule has 3 heterocycles. The maximum Gasteiger partial charge on any atom is 0.416 e. The lowest BCUT2D eigenvalue weighted by atomic mass is 9.98. The highest BCUT2D eigenvalue weighted by Crippen LogP contribution is 2.30. The molecule has 0 unspecified atom stereocenters. The Hall–Kier alpha value is -6.77. The van der Waals surface area contributed by atoms with E-state index in [1.54, 1.807) is 47.5 Å². The lowest BCUT2D eigenvalue weighted by molar-refractivity contribution is -0.137. The minimum Gasteiger partial charge on any atom is -0.493 e. The number of carbonyl (C=O) groups excluding carboxylic acids is 1. The molecule has 0 atom stereocenters. The standard InChI is InChI=1S/C32H29F3N2O4.C14H17NO5/c1-22-2-15-30(36-21-22)40-27-13-11-26(12-14-27)39-29-16-18-37(19-17-29)31(38)41-28-9-5-24(6-10-28)20-23-3-7-25(8-4-23)32(33,34)35;16-13(17)11-1-3-12(4-2-11)20-9-10-5-7-15(8-6-10)14(18)19/h2-15,21,29H,16-20H2,1H3;1-4,10H,5-9H2,(H,16,17)(H,18,19). The first-order valence-corrected chi connectivity index (χ1v) is 19.8. The summed E-state index contributed by atoms with van der Waals surface area (Å²) in [6, 6.07) is 29.5. The van der Waals surface area contributed by atoms with E-state index in [1.807, 2.05) is 43.3 Å². The Labute approximate surface area is 351 Å². The molecule has 2 saturated heterocycles. The Morgan fingerprint density at radius 3 is 1.80 bits per heavy atom. The van der Waals surface area contributed by atoms with Gasteiger partial charge in [0.1, 0.15) is 29.1 Å².